The van der Waals surface area contributed by atoms with Crippen molar-refractivity contribution in [1.82, 2.24) is 25.1 Å². The first-order chi connectivity index (χ1) is 8.13. The van der Waals surface area contributed by atoms with Crippen molar-refractivity contribution < 1.29 is 5.11 Å². The Morgan fingerprint density at radius 1 is 1.47 bits per heavy atom. The zero-order chi connectivity index (χ0) is 12.7. The molecular weight excluding hydrogens is 218 g/mol. The van der Waals surface area contributed by atoms with E-state index in [1.165, 1.54) is 0 Å². The van der Waals surface area contributed by atoms with Gasteiger partial charge >= 0.3 is 0 Å². The second-order valence-corrected chi connectivity index (χ2v) is 4.55. The molecule has 0 aliphatic rings. The van der Waals surface area contributed by atoms with Gasteiger partial charge in [-0.3, -0.25) is 4.90 Å². The van der Waals surface area contributed by atoms with Gasteiger partial charge < -0.3 is 5.11 Å². The number of hydrogen-bond donors (Lipinski definition) is 1. The standard InChI is InChI=1S/C11H23N5O/c1-4-5-7-16-11(12-13-14-16)9-15(3)8-6-10(2)17/h10,17H,4-9H2,1-3H3. The van der Waals surface area contributed by atoms with E-state index in [1.54, 1.807) is 6.92 Å². The van der Waals surface area contributed by atoms with Crippen molar-refractivity contribution in [3.63, 3.8) is 0 Å². The summed E-state index contributed by atoms with van der Waals surface area (Å²) in [5.41, 5.74) is 0. The maximum atomic E-state index is 9.23. The molecular formula is C11H23N5O. The van der Waals surface area contributed by atoms with Crippen molar-refractivity contribution in [2.24, 2.45) is 0 Å². The highest BCUT2D eigenvalue weighted by molar-refractivity contribution is 4.80. The molecule has 0 fully saturated rings. The molecule has 17 heavy (non-hydrogen) atoms. The van der Waals surface area contributed by atoms with Gasteiger partial charge in [0.25, 0.3) is 0 Å². The van der Waals surface area contributed by atoms with Gasteiger partial charge in [0.15, 0.2) is 5.82 Å². The number of hydrogen-bond acceptors (Lipinski definition) is 5. The maximum absolute atomic E-state index is 9.23. The smallest absolute Gasteiger partial charge is 0.165 e. The number of nitrogens with zero attached hydrogens (tertiary/aromatic N) is 5. The lowest BCUT2D eigenvalue weighted by Gasteiger charge is -2.16. The molecule has 0 bridgehead atoms. The predicted octanol–water partition coefficient (Wildman–Crippen LogP) is 0.676. The van der Waals surface area contributed by atoms with Gasteiger partial charge in [-0.2, -0.15) is 0 Å². The summed E-state index contributed by atoms with van der Waals surface area (Å²) in [5.74, 6) is 0.895. The predicted molar refractivity (Wildman–Crippen MR) is 65.4 cm³/mol. The molecule has 1 aromatic heterocycles. The van der Waals surface area contributed by atoms with Crippen LogP contribution in [0.3, 0.4) is 0 Å². The third-order valence-electron chi connectivity index (χ3n) is 2.67. The Morgan fingerprint density at radius 3 is 2.88 bits per heavy atom. The van der Waals surface area contributed by atoms with E-state index in [9.17, 15) is 5.11 Å². The van der Waals surface area contributed by atoms with Crippen LogP contribution in [0.4, 0.5) is 0 Å². The highest BCUT2D eigenvalue weighted by Crippen LogP contribution is 2.02. The van der Waals surface area contributed by atoms with E-state index >= 15 is 0 Å². The summed E-state index contributed by atoms with van der Waals surface area (Å²) < 4.78 is 1.86. The molecule has 1 atom stereocenters. The summed E-state index contributed by atoms with van der Waals surface area (Å²) in [5, 5.41) is 21.0. The van der Waals surface area contributed by atoms with Crippen molar-refractivity contribution in [2.75, 3.05) is 13.6 Å². The van der Waals surface area contributed by atoms with Crippen LogP contribution in [0.25, 0.3) is 0 Å². The quantitative estimate of drug-likeness (QED) is 0.725. The van der Waals surface area contributed by atoms with Gasteiger partial charge in [-0.1, -0.05) is 13.3 Å². The monoisotopic (exact) mass is 241 g/mol. The fourth-order valence-electron chi connectivity index (χ4n) is 1.55. The summed E-state index contributed by atoms with van der Waals surface area (Å²) in [6, 6.07) is 0. The van der Waals surface area contributed by atoms with Crippen LogP contribution in [0.2, 0.25) is 0 Å². The van der Waals surface area contributed by atoms with Crippen LogP contribution < -0.4 is 0 Å². The highest BCUT2D eigenvalue weighted by Gasteiger charge is 2.09. The first kappa shape index (κ1) is 14.1. The minimum Gasteiger partial charge on any atom is -0.393 e. The molecule has 0 radical (unpaired) electrons. The third kappa shape index (κ3) is 5.23. The van der Waals surface area contributed by atoms with E-state index in [-0.39, 0.29) is 6.10 Å². The lowest BCUT2D eigenvalue weighted by atomic mass is 10.3. The van der Waals surface area contributed by atoms with E-state index in [4.69, 9.17) is 0 Å². The van der Waals surface area contributed by atoms with E-state index in [2.05, 4.69) is 27.3 Å². The summed E-state index contributed by atoms with van der Waals surface area (Å²) in [6.45, 7) is 6.41. The molecule has 1 aromatic rings. The molecule has 98 valence electrons. The van der Waals surface area contributed by atoms with Gasteiger partial charge in [-0.15, -0.1) is 5.10 Å². The molecule has 0 aliphatic heterocycles. The van der Waals surface area contributed by atoms with Crippen molar-refractivity contribution >= 4 is 0 Å². The Morgan fingerprint density at radius 2 is 2.24 bits per heavy atom. The number of tetrazole rings is 1. The topological polar surface area (TPSA) is 67.1 Å². The Balaban J connectivity index is 2.41. The molecule has 0 aliphatic carbocycles. The molecule has 0 saturated heterocycles. The van der Waals surface area contributed by atoms with Crippen LogP contribution in [0, 0.1) is 0 Å². The molecule has 1 rings (SSSR count). The molecule has 1 N–H and O–H groups in total. The zero-order valence-electron chi connectivity index (χ0n) is 11.0. The van der Waals surface area contributed by atoms with Crippen molar-refractivity contribution in [3.8, 4) is 0 Å². The van der Waals surface area contributed by atoms with Gasteiger partial charge in [-0.05, 0) is 37.2 Å². The Bertz CT molecular complexity index is 313. The first-order valence-corrected chi connectivity index (χ1v) is 6.25. The highest BCUT2D eigenvalue weighted by atomic mass is 16.3. The maximum Gasteiger partial charge on any atom is 0.165 e. The Labute approximate surface area is 103 Å². The van der Waals surface area contributed by atoms with Crippen LogP contribution >= 0.6 is 0 Å². The molecule has 0 aromatic carbocycles. The number of aromatic nitrogens is 4. The first-order valence-electron chi connectivity index (χ1n) is 6.25. The summed E-state index contributed by atoms with van der Waals surface area (Å²) in [6.07, 6.45) is 2.74. The van der Waals surface area contributed by atoms with E-state index < -0.39 is 0 Å². The average Bonchev–Trinajstić information content (AvgIpc) is 2.71. The van der Waals surface area contributed by atoms with E-state index in [0.717, 1.165) is 44.7 Å². The van der Waals surface area contributed by atoms with Crippen LogP contribution in [0.15, 0.2) is 0 Å². The second kappa shape index (κ2) is 7.34. The second-order valence-electron chi connectivity index (χ2n) is 4.55. The normalized spacial score (nSPS) is 13.2. The molecule has 0 spiro atoms. The lowest BCUT2D eigenvalue weighted by molar-refractivity contribution is 0.161. The SMILES string of the molecule is CCCCn1nnnc1CN(C)CCC(C)O. The lowest BCUT2D eigenvalue weighted by Crippen LogP contribution is -2.24. The number of rotatable bonds is 8. The van der Waals surface area contributed by atoms with Crippen LogP contribution in [0.5, 0.6) is 0 Å². The fourth-order valence-corrected chi connectivity index (χ4v) is 1.55. The fraction of sp³-hybridized carbons (Fsp3) is 0.909. The summed E-state index contributed by atoms with van der Waals surface area (Å²) in [4.78, 5) is 2.13. The molecule has 0 saturated carbocycles. The molecule has 1 unspecified atom stereocenters. The van der Waals surface area contributed by atoms with Gasteiger partial charge in [0, 0.05) is 13.1 Å². The molecule has 1 heterocycles. The van der Waals surface area contributed by atoms with Gasteiger partial charge in [0.05, 0.1) is 12.6 Å². The van der Waals surface area contributed by atoms with Gasteiger partial charge in [0.2, 0.25) is 0 Å². The number of aliphatic hydroxyl groups excluding tert-OH is 1. The number of aliphatic hydroxyl groups is 1. The van der Waals surface area contributed by atoms with Crippen LogP contribution in [-0.4, -0.2) is 49.9 Å². The van der Waals surface area contributed by atoms with Crippen molar-refractivity contribution in [2.45, 2.75) is 52.3 Å². The average molecular weight is 241 g/mol. The summed E-state index contributed by atoms with van der Waals surface area (Å²) in [7, 11) is 2.02. The summed E-state index contributed by atoms with van der Waals surface area (Å²) >= 11 is 0. The van der Waals surface area contributed by atoms with Crippen molar-refractivity contribution in [3.05, 3.63) is 5.82 Å². The zero-order valence-corrected chi connectivity index (χ0v) is 11.0. The molecule has 6 heteroatoms. The van der Waals surface area contributed by atoms with Gasteiger partial charge in [0.1, 0.15) is 0 Å². The number of unbranched alkanes of at least 4 members (excludes halogenated alkanes) is 1. The largest absolute Gasteiger partial charge is 0.393 e. The van der Waals surface area contributed by atoms with E-state index in [0.29, 0.717) is 0 Å². The van der Waals surface area contributed by atoms with Crippen LogP contribution in [-0.2, 0) is 13.1 Å². The van der Waals surface area contributed by atoms with Crippen molar-refractivity contribution in [1.29, 1.82) is 0 Å². The van der Waals surface area contributed by atoms with Gasteiger partial charge in [-0.25, -0.2) is 4.68 Å². The number of aryl methyl sites for hydroxylation is 1. The molecule has 0 amide bonds. The molecule has 6 nitrogen and oxygen atoms in total. The minimum absolute atomic E-state index is 0.256. The van der Waals surface area contributed by atoms with Crippen LogP contribution in [0.1, 0.15) is 38.9 Å². The third-order valence-corrected chi connectivity index (χ3v) is 2.67. The minimum atomic E-state index is -0.256. The van der Waals surface area contributed by atoms with E-state index in [1.807, 2.05) is 11.7 Å². The Kier molecular flexibility index (Phi) is 6.07. The Hall–Kier alpha value is -1.01.